The number of benzene rings is 1. The Hall–Kier alpha value is -1.09. The summed E-state index contributed by atoms with van der Waals surface area (Å²) in [6.07, 6.45) is 2.49. The molecule has 0 bridgehead atoms. The Morgan fingerprint density at radius 2 is 1.92 bits per heavy atom. The minimum Gasteiger partial charge on any atom is -0.545 e. The molecular weight excluding hydrogens is 220 g/mol. The molecule has 2 nitrogen and oxygen atoms in total. The van der Waals surface area contributed by atoms with E-state index >= 15 is 0 Å². The molecule has 0 aliphatic heterocycles. The maximum atomic E-state index is 10.0. The molecule has 0 saturated carbocycles. The molecule has 0 N–H and O–H groups in total. The van der Waals surface area contributed by atoms with Crippen LogP contribution in [0.25, 0.3) is 6.08 Å². The van der Waals surface area contributed by atoms with Gasteiger partial charge in [-0.15, -0.1) is 0 Å². The van der Waals surface area contributed by atoms with Gasteiger partial charge >= 0.3 is 0 Å². The van der Waals surface area contributed by atoms with Gasteiger partial charge in [-0.1, -0.05) is 34.1 Å². The molecule has 1 aromatic carbocycles. The van der Waals surface area contributed by atoms with E-state index in [-0.39, 0.29) is 0 Å². The lowest BCUT2D eigenvalue weighted by molar-refractivity contribution is -0.297. The van der Waals surface area contributed by atoms with Gasteiger partial charge in [-0.05, 0) is 23.8 Å². The van der Waals surface area contributed by atoms with Crippen LogP contribution in [0.15, 0.2) is 34.8 Å². The molecule has 0 unspecified atom stereocenters. The van der Waals surface area contributed by atoms with Crippen molar-refractivity contribution in [2.24, 2.45) is 0 Å². The highest BCUT2D eigenvalue weighted by Gasteiger charge is 1.86. The van der Waals surface area contributed by atoms with Crippen LogP contribution in [-0.2, 0) is 4.79 Å². The van der Waals surface area contributed by atoms with E-state index < -0.39 is 5.97 Å². The fourth-order valence-electron chi connectivity index (χ4n) is 0.738. The monoisotopic (exact) mass is 225 g/mol. The molecule has 1 aromatic rings. The Morgan fingerprint density at radius 1 is 1.33 bits per heavy atom. The molecule has 1 rings (SSSR count). The smallest absolute Gasteiger partial charge is 0.0643 e. The first-order valence-electron chi connectivity index (χ1n) is 3.33. The number of rotatable bonds is 2. The zero-order valence-electron chi connectivity index (χ0n) is 6.16. The summed E-state index contributed by atoms with van der Waals surface area (Å²) in [6.45, 7) is 0. The highest BCUT2D eigenvalue weighted by Crippen LogP contribution is 2.11. The topological polar surface area (TPSA) is 40.1 Å². The molecule has 12 heavy (non-hydrogen) atoms. The molecular formula is C9H6BrO2-. The van der Waals surface area contributed by atoms with Gasteiger partial charge in [0, 0.05) is 4.47 Å². The van der Waals surface area contributed by atoms with E-state index in [1.165, 1.54) is 6.08 Å². The van der Waals surface area contributed by atoms with Gasteiger partial charge in [0.2, 0.25) is 0 Å². The Kier molecular flexibility index (Phi) is 3.05. The predicted molar refractivity (Wildman–Crippen MR) is 48.2 cm³/mol. The van der Waals surface area contributed by atoms with Crippen molar-refractivity contribution in [3.8, 4) is 0 Å². The third kappa shape index (κ3) is 2.88. The average molecular weight is 226 g/mol. The van der Waals surface area contributed by atoms with Crippen molar-refractivity contribution in [3.05, 3.63) is 40.4 Å². The Labute approximate surface area is 78.7 Å². The summed E-state index contributed by atoms with van der Waals surface area (Å²) >= 11 is 3.27. The Balaban J connectivity index is 2.77. The fraction of sp³-hybridized carbons (Fsp3) is 0. The number of hydrogen-bond donors (Lipinski definition) is 0. The van der Waals surface area contributed by atoms with E-state index in [0.717, 1.165) is 16.1 Å². The van der Waals surface area contributed by atoms with Crippen LogP contribution in [0.4, 0.5) is 0 Å². The summed E-state index contributed by atoms with van der Waals surface area (Å²) in [5, 5.41) is 10.0. The van der Waals surface area contributed by atoms with E-state index in [1.807, 2.05) is 24.3 Å². The van der Waals surface area contributed by atoms with Gasteiger partial charge in [-0.25, -0.2) is 0 Å². The number of aliphatic carboxylic acids is 1. The number of carbonyl (C=O) groups excluding carboxylic acids is 1. The van der Waals surface area contributed by atoms with Crippen molar-refractivity contribution in [1.82, 2.24) is 0 Å². The van der Waals surface area contributed by atoms with Crippen molar-refractivity contribution in [1.29, 1.82) is 0 Å². The molecule has 0 aliphatic rings. The molecule has 0 aliphatic carbocycles. The van der Waals surface area contributed by atoms with Crippen LogP contribution in [0.3, 0.4) is 0 Å². The van der Waals surface area contributed by atoms with Crippen molar-refractivity contribution in [2.45, 2.75) is 0 Å². The first-order valence-corrected chi connectivity index (χ1v) is 4.12. The summed E-state index contributed by atoms with van der Waals surface area (Å²) in [5.41, 5.74) is 0.836. The lowest BCUT2D eigenvalue weighted by atomic mass is 10.2. The maximum Gasteiger partial charge on any atom is 0.0643 e. The lowest BCUT2D eigenvalue weighted by Gasteiger charge is -1.94. The summed E-state index contributed by atoms with van der Waals surface area (Å²) in [6, 6.07) is 7.30. The molecule has 62 valence electrons. The highest BCUT2D eigenvalue weighted by molar-refractivity contribution is 9.10. The second kappa shape index (κ2) is 4.07. The van der Waals surface area contributed by atoms with Gasteiger partial charge in [0.25, 0.3) is 0 Å². The first kappa shape index (κ1) is 9.00. The standard InChI is InChI=1S/C9H7BrO2/c10-8-4-1-7(2-5-8)3-6-9(11)12/h1-6H,(H,11,12)/p-1. The maximum absolute atomic E-state index is 10.0. The van der Waals surface area contributed by atoms with Gasteiger partial charge in [0.1, 0.15) is 0 Å². The zero-order chi connectivity index (χ0) is 8.97. The minimum absolute atomic E-state index is 0.836. The summed E-state index contributed by atoms with van der Waals surface area (Å²) in [7, 11) is 0. The molecule has 0 atom stereocenters. The van der Waals surface area contributed by atoms with E-state index in [1.54, 1.807) is 0 Å². The van der Waals surface area contributed by atoms with Crippen LogP contribution >= 0.6 is 15.9 Å². The van der Waals surface area contributed by atoms with Crippen LogP contribution in [0.5, 0.6) is 0 Å². The Morgan fingerprint density at radius 3 is 2.42 bits per heavy atom. The van der Waals surface area contributed by atoms with Crippen LogP contribution in [0.1, 0.15) is 5.56 Å². The predicted octanol–water partition coefficient (Wildman–Crippen LogP) is 1.21. The van der Waals surface area contributed by atoms with Crippen LogP contribution < -0.4 is 5.11 Å². The average Bonchev–Trinajstić information content (AvgIpc) is 2.03. The number of carboxylic acids is 1. The second-order valence-electron chi connectivity index (χ2n) is 2.20. The van der Waals surface area contributed by atoms with Crippen molar-refractivity contribution in [3.63, 3.8) is 0 Å². The van der Waals surface area contributed by atoms with Gasteiger partial charge in [0.15, 0.2) is 0 Å². The van der Waals surface area contributed by atoms with Crippen LogP contribution in [-0.4, -0.2) is 5.97 Å². The second-order valence-corrected chi connectivity index (χ2v) is 3.12. The van der Waals surface area contributed by atoms with Crippen molar-refractivity contribution < 1.29 is 9.90 Å². The van der Waals surface area contributed by atoms with E-state index in [4.69, 9.17) is 0 Å². The minimum atomic E-state index is -1.18. The lowest BCUT2D eigenvalue weighted by Crippen LogP contribution is -2.18. The van der Waals surface area contributed by atoms with Crippen LogP contribution in [0, 0.1) is 0 Å². The first-order chi connectivity index (χ1) is 5.68. The van der Waals surface area contributed by atoms with Gasteiger partial charge < -0.3 is 9.90 Å². The zero-order valence-corrected chi connectivity index (χ0v) is 7.74. The van der Waals surface area contributed by atoms with Gasteiger partial charge in [-0.2, -0.15) is 0 Å². The largest absolute Gasteiger partial charge is 0.545 e. The Bertz CT molecular complexity index is 301. The normalized spacial score (nSPS) is 10.4. The molecule has 0 fully saturated rings. The third-order valence-electron chi connectivity index (χ3n) is 1.28. The highest BCUT2D eigenvalue weighted by atomic mass is 79.9. The van der Waals surface area contributed by atoms with E-state index in [2.05, 4.69) is 15.9 Å². The fourth-order valence-corrected chi connectivity index (χ4v) is 1.00. The molecule has 0 aromatic heterocycles. The third-order valence-corrected chi connectivity index (χ3v) is 1.81. The number of hydrogen-bond acceptors (Lipinski definition) is 2. The summed E-state index contributed by atoms with van der Waals surface area (Å²) < 4.78 is 0.966. The number of carboxylic acid groups (broad SMARTS) is 1. The van der Waals surface area contributed by atoms with E-state index in [0.29, 0.717) is 0 Å². The van der Waals surface area contributed by atoms with E-state index in [9.17, 15) is 9.90 Å². The van der Waals surface area contributed by atoms with Gasteiger partial charge in [0.05, 0.1) is 5.97 Å². The molecule has 0 spiro atoms. The molecule has 0 heterocycles. The molecule has 0 radical (unpaired) electrons. The molecule has 3 heteroatoms. The number of halogens is 1. The van der Waals surface area contributed by atoms with Crippen molar-refractivity contribution in [2.75, 3.05) is 0 Å². The number of carbonyl (C=O) groups is 1. The van der Waals surface area contributed by atoms with Crippen molar-refractivity contribution >= 4 is 28.0 Å². The summed E-state index contributed by atoms with van der Waals surface area (Å²) in [5.74, 6) is -1.18. The molecule has 0 amide bonds. The quantitative estimate of drug-likeness (QED) is 0.711. The van der Waals surface area contributed by atoms with Crippen LogP contribution in [0.2, 0.25) is 0 Å². The summed E-state index contributed by atoms with van der Waals surface area (Å²) in [4.78, 5) is 10.0. The van der Waals surface area contributed by atoms with Gasteiger partial charge in [-0.3, -0.25) is 0 Å². The SMILES string of the molecule is O=C([O-])C=Cc1ccc(Br)cc1. The molecule has 0 saturated heterocycles.